The van der Waals surface area contributed by atoms with Gasteiger partial charge in [0, 0.05) is 17.1 Å². The summed E-state index contributed by atoms with van der Waals surface area (Å²) < 4.78 is 13.6. The van der Waals surface area contributed by atoms with E-state index in [9.17, 15) is 4.39 Å². The zero-order valence-corrected chi connectivity index (χ0v) is 9.41. The summed E-state index contributed by atoms with van der Waals surface area (Å²) in [4.78, 5) is 1.13. The van der Waals surface area contributed by atoms with Crippen molar-refractivity contribution < 1.29 is 4.39 Å². The maximum atomic E-state index is 12.8. The number of rotatable bonds is 3. The molecule has 0 unspecified atom stereocenters. The third kappa shape index (κ3) is 2.94. The molecule has 0 radical (unpaired) electrons. The van der Waals surface area contributed by atoms with Crippen LogP contribution in [0.25, 0.3) is 0 Å². The highest BCUT2D eigenvalue weighted by Gasteiger charge is 1.98. The third-order valence-electron chi connectivity index (χ3n) is 1.92. The van der Waals surface area contributed by atoms with Gasteiger partial charge in [0.2, 0.25) is 0 Å². The predicted molar refractivity (Wildman–Crippen MR) is 63.1 cm³/mol. The summed E-state index contributed by atoms with van der Waals surface area (Å²) in [6.45, 7) is 0.668. The maximum Gasteiger partial charge on any atom is 0.125 e. The number of hydrogen-bond donors (Lipinski definition) is 1. The molecule has 78 valence electrons. The van der Waals surface area contributed by atoms with E-state index in [0.717, 1.165) is 14.9 Å². The summed E-state index contributed by atoms with van der Waals surface area (Å²) in [5.74, 6) is -0.232. The Kier molecular flexibility index (Phi) is 3.23. The van der Waals surface area contributed by atoms with Crippen LogP contribution in [0.3, 0.4) is 0 Å². The third-order valence-corrected chi connectivity index (χ3v) is 3.15. The first-order chi connectivity index (χ1) is 7.24. The first kappa shape index (κ1) is 10.5. The topological polar surface area (TPSA) is 12.0 Å². The van der Waals surface area contributed by atoms with Crippen LogP contribution in [0, 0.1) is 5.82 Å². The van der Waals surface area contributed by atoms with Gasteiger partial charge in [-0.25, -0.2) is 4.39 Å². The molecule has 0 atom stereocenters. The SMILES string of the molecule is Fc1cccc(NCc2ccc(Cl)s2)c1. The molecule has 1 heterocycles. The standard InChI is InChI=1S/C11H9ClFNS/c12-11-5-4-10(15-11)7-14-9-3-1-2-8(13)6-9/h1-6,14H,7H2. The van der Waals surface area contributed by atoms with Crippen molar-refractivity contribution in [3.05, 3.63) is 51.4 Å². The Morgan fingerprint density at radius 2 is 2.13 bits per heavy atom. The van der Waals surface area contributed by atoms with Crippen LogP contribution < -0.4 is 5.32 Å². The van der Waals surface area contributed by atoms with Gasteiger partial charge in [0.05, 0.1) is 4.34 Å². The highest BCUT2D eigenvalue weighted by Crippen LogP contribution is 2.22. The second kappa shape index (κ2) is 4.64. The quantitative estimate of drug-likeness (QED) is 0.851. The molecule has 0 bridgehead atoms. The van der Waals surface area contributed by atoms with Gasteiger partial charge in [-0.05, 0) is 30.3 Å². The van der Waals surface area contributed by atoms with Gasteiger partial charge in [0.25, 0.3) is 0 Å². The second-order valence-corrected chi connectivity index (χ2v) is 4.87. The van der Waals surface area contributed by atoms with Crippen molar-refractivity contribution in [2.75, 3.05) is 5.32 Å². The van der Waals surface area contributed by atoms with E-state index in [1.807, 2.05) is 18.2 Å². The van der Waals surface area contributed by atoms with E-state index in [1.165, 1.54) is 23.5 Å². The van der Waals surface area contributed by atoms with Crippen molar-refractivity contribution >= 4 is 28.6 Å². The zero-order chi connectivity index (χ0) is 10.7. The number of halogens is 2. The van der Waals surface area contributed by atoms with Crippen molar-refractivity contribution in [3.8, 4) is 0 Å². The Hall–Kier alpha value is -1.06. The molecule has 1 aromatic carbocycles. The van der Waals surface area contributed by atoms with Crippen molar-refractivity contribution in [3.63, 3.8) is 0 Å². The molecule has 0 spiro atoms. The fourth-order valence-corrected chi connectivity index (χ4v) is 2.26. The van der Waals surface area contributed by atoms with E-state index < -0.39 is 0 Å². The first-order valence-electron chi connectivity index (χ1n) is 4.48. The van der Waals surface area contributed by atoms with Gasteiger partial charge in [-0.15, -0.1) is 11.3 Å². The van der Waals surface area contributed by atoms with Crippen LogP contribution in [-0.4, -0.2) is 0 Å². The molecule has 0 aliphatic heterocycles. The van der Waals surface area contributed by atoms with Crippen LogP contribution in [-0.2, 0) is 6.54 Å². The smallest absolute Gasteiger partial charge is 0.125 e. The minimum Gasteiger partial charge on any atom is -0.380 e. The fourth-order valence-electron chi connectivity index (χ4n) is 1.23. The van der Waals surface area contributed by atoms with Crippen molar-refractivity contribution in [2.24, 2.45) is 0 Å². The molecular formula is C11H9ClFNS. The highest BCUT2D eigenvalue weighted by atomic mass is 35.5. The molecule has 2 rings (SSSR count). The largest absolute Gasteiger partial charge is 0.380 e. The lowest BCUT2D eigenvalue weighted by atomic mass is 10.3. The average Bonchev–Trinajstić information content (AvgIpc) is 2.62. The summed E-state index contributed by atoms with van der Waals surface area (Å²) >= 11 is 7.32. The van der Waals surface area contributed by atoms with E-state index in [4.69, 9.17) is 11.6 Å². The molecule has 0 fully saturated rings. The molecule has 15 heavy (non-hydrogen) atoms. The number of thiophene rings is 1. The minimum absolute atomic E-state index is 0.232. The average molecular weight is 242 g/mol. The molecule has 0 amide bonds. The van der Waals surface area contributed by atoms with E-state index in [0.29, 0.717) is 6.54 Å². The minimum atomic E-state index is -0.232. The molecule has 0 saturated heterocycles. The Labute approximate surface area is 96.5 Å². The summed E-state index contributed by atoms with van der Waals surface area (Å²) in [7, 11) is 0. The van der Waals surface area contributed by atoms with Gasteiger partial charge < -0.3 is 5.32 Å². The van der Waals surface area contributed by atoms with Gasteiger partial charge in [0.15, 0.2) is 0 Å². The van der Waals surface area contributed by atoms with Crippen molar-refractivity contribution in [1.82, 2.24) is 0 Å². The fraction of sp³-hybridized carbons (Fsp3) is 0.0909. The summed E-state index contributed by atoms with van der Waals surface area (Å²) in [5, 5.41) is 3.13. The van der Waals surface area contributed by atoms with Gasteiger partial charge in [0.1, 0.15) is 5.82 Å². The molecule has 1 aromatic heterocycles. The van der Waals surface area contributed by atoms with Crippen LogP contribution >= 0.6 is 22.9 Å². The summed E-state index contributed by atoms with van der Waals surface area (Å²) in [5.41, 5.74) is 0.777. The molecule has 2 aromatic rings. The molecule has 1 nitrogen and oxygen atoms in total. The van der Waals surface area contributed by atoms with Crippen LogP contribution in [0.1, 0.15) is 4.88 Å². The number of nitrogens with one attached hydrogen (secondary N) is 1. The lowest BCUT2D eigenvalue weighted by molar-refractivity contribution is 0.628. The number of anilines is 1. The number of hydrogen-bond acceptors (Lipinski definition) is 2. The summed E-state index contributed by atoms with van der Waals surface area (Å²) in [6.07, 6.45) is 0. The molecule has 4 heteroatoms. The van der Waals surface area contributed by atoms with Crippen molar-refractivity contribution in [1.29, 1.82) is 0 Å². The monoisotopic (exact) mass is 241 g/mol. The van der Waals surface area contributed by atoms with E-state index in [2.05, 4.69) is 5.32 Å². The van der Waals surface area contributed by atoms with Gasteiger partial charge in [-0.1, -0.05) is 17.7 Å². The normalized spacial score (nSPS) is 10.3. The lowest BCUT2D eigenvalue weighted by Gasteiger charge is -2.03. The Balaban J connectivity index is 1.99. The zero-order valence-electron chi connectivity index (χ0n) is 7.84. The first-order valence-corrected chi connectivity index (χ1v) is 5.67. The van der Waals surface area contributed by atoms with Crippen LogP contribution in [0.5, 0.6) is 0 Å². The van der Waals surface area contributed by atoms with E-state index >= 15 is 0 Å². The van der Waals surface area contributed by atoms with E-state index in [1.54, 1.807) is 6.07 Å². The number of benzene rings is 1. The maximum absolute atomic E-state index is 12.8. The highest BCUT2D eigenvalue weighted by molar-refractivity contribution is 7.16. The van der Waals surface area contributed by atoms with Crippen molar-refractivity contribution in [2.45, 2.75) is 6.54 Å². The lowest BCUT2D eigenvalue weighted by Crippen LogP contribution is -1.97. The molecule has 0 aliphatic rings. The molecule has 1 N–H and O–H groups in total. The van der Waals surface area contributed by atoms with Crippen LogP contribution in [0.4, 0.5) is 10.1 Å². The van der Waals surface area contributed by atoms with Crippen LogP contribution in [0.2, 0.25) is 4.34 Å². The van der Waals surface area contributed by atoms with Gasteiger partial charge >= 0.3 is 0 Å². The Morgan fingerprint density at radius 3 is 2.80 bits per heavy atom. The Morgan fingerprint density at radius 1 is 1.27 bits per heavy atom. The molecule has 0 saturated carbocycles. The van der Waals surface area contributed by atoms with Crippen LogP contribution in [0.15, 0.2) is 36.4 Å². The van der Waals surface area contributed by atoms with E-state index in [-0.39, 0.29) is 5.82 Å². The summed E-state index contributed by atoms with van der Waals surface area (Å²) in [6, 6.07) is 10.2. The molecular weight excluding hydrogens is 233 g/mol. The second-order valence-electron chi connectivity index (χ2n) is 3.07. The Bertz CT molecular complexity index is 455. The van der Waals surface area contributed by atoms with Gasteiger partial charge in [-0.3, -0.25) is 0 Å². The molecule has 0 aliphatic carbocycles. The predicted octanol–water partition coefficient (Wildman–Crippen LogP) is 4.15. The van der Waals surface area contributed by atoms with Gasteiger partial charge in [-0.2, -0.15) is 0 Å².